The Morgan fingerprint density at radius 1 is 1.33 bits per heavy atom. The summed E-state index contributed by atoms with van der Waals surface area (Å²) >= 11 is 0. The molecule has 0 saturated carbocycles. The zero-order chi connectivity index (χ0) is 15.0. The third-order valence-corrected chi connectivity index (χ3v) is 3.70. The topological polar surface area (TPSA) is 86.3 Å². The number of carboxylic acids is 1. The fraction of sp³-hybridized carbons (Fsp3) is 0.267. The van der Waals surface area contributed by atoms with E-state index in [-0.39, 0.29) is 18.3 Å². The molecule has 1 atom stereocenters. The van der Waals surface area contributed by atoms with Crippen LogP contribution in [0.4, 0.5) is 0 Å². The van der Waals surface area contributed by atoms with Gasteiger partial charge in [0.2, 0.25) is 0 Å². The number of nitrogens with zero attached hydrogens (tertiary/aromatic N) is 2. The minimum absolute atomic E-state index is 0.179. The summed E-state index contributed by atoms with van der Waals surface area (Å²) in [5.74, 6) is -1.20. The van der Waals surface area contributed by atoms with Gasteiger partial charge < -0.3 is 15.0 Å². The lowest BCUT2D eigenvalue weighted by Gasteiger charge is -2.33. The first-order chi connectivity index (χ1) is 10.1. The fourth-order valence-corrected chi connectivity index (χ4v) is 2.61. The lowest BCUT2D eigenvalue weighted by Crippen LogP contribution is -2.48. The van der Waals surface area contributed by atoms with E-state index < -0.39 is 12.0 Å². The summed E-state index contributed by atoms with van der Waals surface area (Å²) in [6.07, 6.45) is 1.87. The summed E-state index contributed by atoms with van der Waals surface area (Å²) in [6.45, 7) is 2.08. The molecule has 1 unspecified atom stereocenters. The normalized spacial score (nSPS) is 17.4. The lowest BCUT2D eigenvalue weighted by atomic mass is 9.94. The Bertz CT molecular complexity index is 708. The van der Waals surface area contributed by atoms with E-state index in [4.69, 9.17) is 0 Å². The Morgan fingerprint density at radius 2 is 2.05 bits per heavy atom. The molecule has 1 aliphatic rings. The minimum Gasteiger partial charge on any atom is -0.480 e. The average molecular weight is 285 g/mol. The summed E-state index contributed by atoms with van der Waals surface area (Å²) in [5, 5.41) is 9.41. The minimum atomic E-state index is -0.999. The highest BCUT2D eigenvalue weighted by Crippen LogP contribution is 2.24. The van der Waals surface area contributed by atoms with Gasteiger partial charge in [-0.25, -0.2) is 9.78 Å². The molecule has 108 valence electrons. The van der Waals surface area contributed by atoms with Crippen molar-refractivity contribution in [3.05, 3.63) is 53.1 Å². The molecule has 1 aromatic carbocycles. The van der Waals surface area contributed by atoms with Crippen molar-refractivity contribution in [1.29, 1.82) is 0 Å². The van der Waals surface area contributed by atoms with E-state index in [0.717, 1.165) is 16.8 Å². The Morgan fingerprint density at radius 3 is 2.67 bits per heavy atom. The number of aryl methyl sites for hydroxylation is 1. The van der Waals surface area contributed by atoms with Gasteiger partial charge >= 0.3 is 5.97 Å². The number of fused-ring (bicyclic) bond motifs is 1. The van der Waals surface area contributed by atoms with Gasteiger partial charge in [-0.05, 0) is 18.1 Å². The molecule has 6 nitrogen and oxygen atoms in total. The van der Waals surface area contributed by atoms with Gasteiger partial charge in [-0.3, -0.25) is 4.79 Å². The number of imidazole rings is 1. The van der Waals surface area contributed by atoms with Gasteiger partial charge in [-0.1, -0.05) is 24.3 Å². The van der Waals surface area contributed by atoms with Crippen LogP contribution in [0.15, 0.2) is 30.5 Å². The standard InChI is InChI=1S/C15H15N3O3/c1-9-7-16-13(17-9)14(19)18-8-11-5-3-2-4-10(11)6-12(18)15(20)21/h2-5,7,12H,6,8H2,1H3,(H,16,17)(H,20,21). The second kappa shape index (κ2) is 5.05. The van der Waals surface area contributed by atoms with Crippen LogP contribution < -0.4 is 0 Å². The monoisotopic (exact) mass is 285 g/mol. The van der Waals surface area contributed by atoms with Crippen LogP contribution in [0.5, 0.6) is 0 Å². The van der Waals surface area contributed by atoms with E-state index in [0.29, 0.717) is 6.42 Å². The Kier molecular flexibility index (Phi) is 3.21. The Hall–Kier alpha value is -2.63. The van der Waals surface area contributed by atoms with Gasteiger partial charge in [0.15, 0.2) is 5.82 Å². The van der Waals surface area contributed by atoms with Crippen LogP contribution in [0, 0.1) is 6.92 Å². The van der Waals surface area contributed by atoms with Crippen LogP contribution in [0.2, 0.25) is 0 Å². The predicted octanol–water partition coefficient (Wildman–Crippen LogP) is 1.37. The van der Waals surface area contributed by atoms with Crippen molar-refractivity contribution in [2.24, 2.45) is 0 Å². The number of hydrogen-bond donors (Lipinski definition) is 2. The largest absolute Gasteiger partial charge is 0.480 e. The number of H-pyrrole nitrogens is 1. The molecule has 0 radical (unpaired) electrons. The smallest absolute Gasteiger partial charge is 0.326 e. The Balaban J connectivity index is 1.96. The number of carbonyl (C=O) groups excluding carboxylic acids is 1. The van der Waals surface area contributed by atoms with Gasteiger partial charge in [0, 0.05) is 24.9 Å². The van der Waals surface area contributed by atoms with E-state index in [2.05, 4.69) is 9.97 Å². The van der Waals surface area contributed by atoms with Gasteiger partial charge in [0.25, 0.3) is 5.91 Å². The molecular formula is C15H15N3O3. The molecule has 0 fully saturated rings. The molecule has 1 aromatic heterocycles. The Labute approximate surface area is 121 Å². The maximum Gasteiger partial charge on any atom is 0.326 e. The van der Waals surface area contributed by atoms with Crippen LogP contribution in [0.25, 0.3) is 0 Å². The number of amides is 1. The predicted molar refractivity (Wildman–Crippen MR) is 74.8 cm³/mol. The summed E-state index contributed by atoms with van der Waals surface area (Å²) < 4.78 is 0. The molecule has 2 aromatic rings. The molecule has 0 aliphatic carbocycles. The van der Waals surface area contributed by atoms with Gasteiger partial charge in [0.1, 0.15) is 6.04 Å². The molecule has 6 heteroatoms. The number of carbonyl (C=O) groups is 2. The second-order valence-electron chi connectivity index (χ2n) is 5.17. The van der Waals surface area contributed by atoms with E-state index in [1.165, 1.54) is 4.90 Å². The number of benzene rings is 1. The average Bonchev–Trinajstić information content (AvgIpc) is 2.91. The molecule has 2 N–H and O–H groups in total. The van der Waals surface area contributed by atoms with E-state index in [1.54, 1.807) is 13.1 Å². The first kappa shape index (κ1) is 13.4. The van der Waals surface area contributed by atoms with Gasteiger partial charge in [0.05, 0.1) is 0 Å². The molecule has 0 saturated heterocycles. The van der Waals surface area contributed by atoms with E-state index in [9.17, 15) is 14.7 Å². The first-order valence-electron chi connectivity index (χ1n) is 6.68. The third kappa shape index (κ3) is 2.40. The summed E-state index contributed by atoms with van der Waals surface area (Å²) in [4.78, 5) is 32.2. The maximum absolute atomic E-state index is 12.5. The highest BCUT2D eigenvalue weighted by atomic mass is 16.4. The van der Waals surface area contributed by atoms with Crippen LogP contribution in [-0.4, -0.2) is 37.9 Å². The molecule has 1 aliphatic heterocycles. The first-order valence-corrected chi connectivity index (χ1v) is 6.68. The number of carboxylic acid groups (broad SMARTS) is 1. The van der Waals surface area contributed by atoms with E-state index >= 15 is 0 Å². The molecule has 3 rings (SSSR count). The number of hydrogen-bond acceptors (Lipinski definition) is 3. The van der Waals surface area contributed by atoms with Crippen molar-refractivity contribution >= 4 is 11.9 Å². The molecule has 2 heterocycles. The summed E-state index contributed by atoms with van der Waals surface area (Å²) in [5.41, 5.74) is 2.72. The SMILES string of the molecule is Cc1cnc(C(=O)N2Cc3ccccc3CC2C(=O)O)[nH]1. The zero-order valence-corrected chi connectivity index (χ0v) is 11.5. The maximum atomic E-state index is 12.5. The summed E-state index contributed by atoms with van der Waals surface area (Å²) in [6, 6.07) is 6.73. The molecule has 0 bridgehead atoms. The van der Waals surface area contributed by atoms with Crippen LogP contribution in [0.3, 0.4) is 0 Å². The van der Waals surface area contributed by atoms with Crippen LogP contribution in [-0.2, 0) is 17.8 Å². The van der Waals surface area contributed by atoms with Crippen molar-refractivity contribution in [2.75, 3.05) is 0 Å². The molecular weight excluding hydrogens is 270 g/mol. The second-order valence-corrected chi connectivity index (χ2v) is 5.17. The highest BCUT2D eigenvalue weighted by Gasteiger charge is 2.35. The van der Waals surface area contributed by atoms with Crippen LogP contribution >= 0.6 is 0 Å². The van der Waals surface area contributed by atoms with E-state index in [1.807, 2.05) is 24.3 Å². The number of aromatic amines is 1. The number of aromatic nitrogens is 2. The van der Waals surface area contributed by atoms with Crippen molar-refractivity contribution < 1.29 is 14.7 Å². The number of nitrogens with one attached hydrogen (secondary N) is 1. The lowest BCUT2D eigenvalue weighted by molar-refractivity contribution is -0.142. The fourth-order valence-electron chi connectivity index (χ4n) is 2.61. The number of aliphatic carboxylic acids is 1. The molecule has 1 amide bonds. The molecule has 21 heavy (non-hydrogen) atoms. The van der Waals surface area contributed by atoms with Crippen molar-refractivity contribution in [2.45, 2.75) is 25.9 Å². The van der Waals surface area contributed by atoms with Crippen molar-refractivity contribution in [3.63, 3.8) is 0 Å². The van der Waals surface area contributed by atoms with Crippen molar-refractivity contribution in [3.8, 4) is 0 Å². The van der Waals surface area contributed by atoms with Gasteiger partial charge in [-0.15, -0.1) is 0 Å². The van der Waals surface area contributed by atoms with Gasteiger partial charge in [-0.2, -0.15) is 0 Å². The summed E-state index contributed by atoms with van der Waals surface area (Å²) in [7, 11) is 0. The van der Waals surface area contributed by atoms with Crippen molar-refractivity contribution in [1.82, 2.24) is 14.9 Å². The number of rotatable bonds is 2. The molecule has 0 spiro atoms. The highest BCUT2D eigenvalue weighted by molar-refractivity contribution is 5.94. The van der Waals surface area contributed by atoms with Crippen LogP contribution in [0.1, 0.15) is 27.4 Å². The quantitative estimate of drug-likeness (QED) is 0.872. The third-order valence-electron chi connectivity index (χ3n) is 3.70. The zero-order valence-electron chi connectivity index (χ0n) is 11.5.